The minimum Gasteiger partial charge on any atom is -0.385 e. The molecule has 0 spiro atoms. The molecule has 0 fully saturated rings. The van der Waals surface area contributed by atoms with Crippen molar-refractivity contribution in [1.29, 1.82) is 0 Å². The van der Waals surface area contributed by atoms with Gasteiger partial charge in [0.05, 0.1) is 4.92 Å². The van der Waals surface area contributed by atoms with Crippen LogP contribution in [0.4, 0.5) is 5.69 Å². The van der Waals surface area contributed by atoms with Crippen molar-refractivity contribution in [3.05, 3.63) is 51.4 Å². The number of ether oxygens (including phenoxy) is 1. The standard InChI is InChI=1S/C17H22N2O3S/c1-22-12-4-2-3-11-18-13-16-9-10-17(23-16)14-5-7-15(8-6-14)19(20)21/h5-10,18H,2-4,11-13H2,1H3. The second kappa shape index (κ2) is 9.39. The van der Waals surface area contributed by atoms with Crippen molar-refractivity contribution in [3.8, 4) is 10.4 Å². The van der Waals surface area contributed by atoms with E-state index in [0.29, 0.717) is 0 Å². The summed E-state index contributed by atoms with van der Waals surface area (Å²) in [4.78, 5) is 12.7. The van der Waals surface area contributed by atoms with Crippen LogP contribution in [0.5, 0.6) is 0 Å². The van der Waals surface area contributed by atoms with Crippen LogP contribution in [0.3, 0.4) is 0 Å². The number of rotatable bonds is 10. The fraction of sp³-hybridized carbons (Fsp3) is 0.412. The normalized spacial score (nSPS) is 10.8. The summed E-state index contributed by atoms with van der Waals surface area (Å²) in [7, 11) is 1.73. The number of methoxy groups -OCH3 is 1. The summed E-state index contributed by atoms with van der Waals surface area (Å²) < 4.78 is 5.03. The van der Waals surface area contributed by atoms with Gasteiger partial charge in [-0.15, -0.1) is 11.3 Å². The van der Waals surface area contributed by atoms with Gasteiger partial charge >= 0.3 is 0 Å². The maximum absolute atomic E-state index is 10.7. The molecular formula is C17H22N2O3S. The number of thiophene rings is 1. The van der Waals surface area contributed by atoms with Crippen LogP contribution in [-0.2, 0) is 11.3 Å². The number of unbranched alkanes of at least 4 members (excludes halogenated alkanes) is 2. The molecule has 0 saturated carbocycles. The average Bonchev–Trinajstić information content (AvgIpc) is 3.03. The Bertz CT molecular complexity index is 611. The minimum atomic E-state index is -0.375. The van der Waals surface area contributed by atoms with Crippen molar-refractivity contribution in [2.24, 2.45) is 0 Å². The van der Waals surface area contributed by atoms with Crippen LogP contribution in [0.2, 0.25) is 0 Å². The Morgan fingerprint density at radius 2 is 1.91 bits per heavy atom. The van der Waals surface area contributed by atoms with Gasteiger partial charge in [0.25, 0.3) is 5.69 Å². The number of nitro benzene ring substituents is 1. The number of hydrogen-bond acceptors (Lipinski definition) is 5. The van der Waals surface area contributed by atoms with Gasteiger partial charge in [0, 0.05) is 42.1 Å². The molecule has 1 N–H and O–H groups in total. The highest BCUT2D eigenvalue weighted by molar-refractivity contribution is 7.15. The highest BCUT2D eigenvalue weighted by Crippen LogP contribution is 2.29. The Labute approximate surface area is 140 Å². The zero-order chi connectivity index (χ0) is 16.5. The molecule has 6 heteroatoms. The smallest absolute Gasteiger partial charge is 0.269 e. The first kappa shape index (κ1) is 17.6. The molecule has 23 heavy (non-hydrogen) atoms. The van der Waals surface area contributed by atoms with Crippen molar-refractivity contribution in [1.82, 2.24) is 5.32 Å². The molecule has 0 saturated heterocycles. The lowest BCUT2D eigenvalue weighted by molar-refractivity contribution is -0.384. The molecule has 1 aromatic heterocycles. The van der Waals surface area contributed by atoms with Gasteiger partial charge in [0.2, 0.25) is 0 Å². The SMILES string of the molecule is COCCCCCNCc1ccc(-c2ccc([N+](=O)[O-])cc2)s1. The lowest BCUT2D eigenvalue weighted by Gasteiger charge is -2.03. The van der Waals surface area contributed by atoms with E-state index in [-0.39, 0.29) is 10.6 Å². The number of benzene rings is 1. The number of nitrogens with one attached hydrogen (secondary N) is 1. The van der Waals surface area contributed by atoms with E-state index in [1.165, 1.54) is 11.3 Å². The third-order valence-corrected chi connectivity index (χ3v) is 4.66. The molecule has 2 aromatic rings. The van der Waals surface area contributed by atoms with Gasteiger partial charge in [-0.1, -0.05) is 0 Å². The van der Waals surface area contributed by atoms with Crippen LogP contribution in [0.15, 0.2) is 36.4 Å². The van der Waals surface area contributed by atoms with E-state index < -0.39 is 0 Å². The molecule has 0 unspecified atom stereocenters. The van der Waals surface area contributed by atoms with Crippen LogP contribution in [0, 0.1) is 10.1 Å². The molecule has 0 aliphatic carbocycles. The maximum atomic E-state index is 10.7. The molecule has 2 rings (SSSR count). The fourth-order valence-corrected chi connectivity index (χ4v) is 3.24. The Morgan fingerprint density at radius 3 is 2.61 bits per heavy atom. The molecule has 1 heterocycles. The van der Waals surface area contributed by atoms with Crippen molar-refractivity contribution in [2.45, 2.75) is 25.8 Å². The van der Waals surface area contributed by atoms with E-state index in [2.05, 4.69) is 17.4 Å². The number of non-ortho nitro benzene ring substituents is 1. The summed E-state index contributed by atoms with van der Waals surface area (Å²) in [6.07, 6.45) is 3.45. The summed E-state index contributed by atoms with van der Waals surface area (Å²) in [5, 5.41) is 14.1. The first-order valence-electron chi connectivity index (χ1n) is 7.74. The third kappa shape index (κ3) is 5.74. The van der Waals surface area contributed by atoms with E-state index in [4.69, 9.17) is 4.74 Å². The zero-order valence-corrected chi connectivity index (χ0v) is 14.1. The van der Waals surface area contributed by atoms with Crippen LogP contribution in [-0.4, -0.2) is 25.2 Å². The van der Waals surface area contributed by atoms with Gasteiger partial charge in [-0.05, 0) is 55.6 Å². The first-order valence-corrected chi connectivity index (χ1v) is 8.55. The molecule has 0 bridgehead atoms. The predicted molar refractivity (Wildman–Crippen MR) is 93.8 cm³/mol. The zero-order valence-electron chi connectivity index (χ0n) is 13.3. The summed E-state index contributed by atoms with van der Waals surface area (Å²) in [5.74, 6) is 0. The van der Waals surface area contributed by atoms with Crippen molar-refractivity contribution in [2.75, 3.05) is 20.3 Å². The van der Waals surface area contributed by atoms with E-state index >= 15 is 0 Å². The predicted octanol–water partition coefficient (Wildman–Crippen LogP) is 4.23. The van der Waals surface area contributed by atoms with Crippen LogP contribution in [0.1, 0.15) is 24.1 Å². The molecule has 0 amide bonds. The van der Waals surface area contributed by atoms with E-state index in [9.17, 15) is 10.1 Å². The summed E-state index contributed by atoms with van der Waals surface area (Å²) in [6.45, 7) is 2.71. The van der Waals surface area contributed by atoms with Crippen molar-refractivity contribution in [3.63, 3.8) is 0 Å². The number of nitrogens with zero attached hydrogens (tertiary/aromatic N) is 1. The lowest BCUT2D eigenvalue weighted by Crippen LogP contribution is -2.13. The Balaban J connectivity index is 1.78. The summed E-state index contributed by atoms with van der Waals surface area (Å²) >= 11 is 1.72. The average molecular weight is 334 g/mol. The second-order valence-corrected chi connectivity index (χ2v) is 6.47. The van der Waals surface area contributed by atoms with Gasteiger partial charge in [0.15, 0.2) is 0 Å². The number of hydrogen-bond donors (Lipinski definition) is 1. The monoisotopic (exact) mass is 334 g/mol. The lowest BCUT2D eigenvalue weighted by atomic mass is 10.2. The van der Waals surface area contributed by atoms with Crippen molar-refractivity contribution < 1.29 is 9.66 Å². The highest BCUT2D eigenvalue weighted by Gasteiger charge is 2.07. The summed E-state index contributed by atoms with van der Waals surface area (Å²) in [6, 6.07) is 10.9. The molecule has 0 radical (unpaired) electrons. The number of nitro groups is 1. The second-order valence-electron chi connectivity index (χ2n) is 5.30. The minimum absolute atomic E-state index is 0.126. The molecule has 124 valence electrons. The van der Waals surface area contributed by atoms with E-state index in [1.54, 1.807) is 42.7 Å². The fourth-order valence-electron chi connectivity index (χ4n) is 2.26. The third-order valence-electron chi connectivity index (χ3n) is 3.53. The van der Waals surface area contributed by atoms with Gasteiger partial charge in [-0.2, -0.15) is 0 Å². The van der Waals surface area contributed by atoms with Gasteiger partial charge < -0.3 is 10.1 Å². The highest BCUT2D eigenvalue weighted by atomic mass is 32.1. The topological polar surface area (TPSA) is 64.4 Å². The maximum Gasteiger partial charge on any atom is 0.269 e. The Hall–Kier alpha value is -1.76. The van der Waals surface area contributed by atoms with Crippen LogP contribution < -0.4 is 5.32 Å². The first-order chi connectivity index (χ1) is 11.2. The molecule has 1 aromatic carbocycles. The van der Waals surface area contributed by atoms with E-state index in [1.807, 2.05) is 0 Å². The molecule has 0 atom stereocenters. The molecule has 0 aliphatic heterocycles. The van der Waals surface area contributed by atoms with Gasteiger partial charge in [-0.3, -0.25) is 10.1 Å². The Kier molecular flexibility index (Phi) is 7.19. The van der Waals surface area contributed by atoms with Crippen LogP contribution >= 0.6 is 11.3 Å². The Morgan fingerprint density at radius 1 is 1.13 bits per heavy atom. The van der Waals surface area contributed by atoms with Crippen LogP contribution in [0.25, 0.3) is 10.4 Å². The van der Waals surface area contributed by atoms with Gasteiger partial charge in [0.1, 0.15) is 0 Å². The molecular weight excluding hydrogens is 312 g/mol. The largest absolute Gasteiger partial charge is 0.385 e. The quantitative estimate of drug-likeness (QED) is 0.401. The summed E-state index contributed by atoms with van der Waals surface area (Å²) in [5.41, 5.74) is 1.15. The van der Waals surface area contributed by atoms with E-state index in [0.717, 1.165) is 43.0 Å². The molecule has 5 nitrogen and oxygen atoms in total. The van der Waals surface area contributed by atoms with Crippen molar-refractivity contribution >= 4 is 17.0 Å². The molecule has 0 aliphatic rings. The van der Waals surface area contributed by atoms with Gasteiger partial charge in [-0.25, -0.2) is 0 Å².